The van der Waals surface area contributed by atoms with Crippen molar-refractivity contribution in [1.82, 2.24) is 4.68 Å². The monoisotopic (exact) mass is 263 g/mol. The molecule has 0 radical (unpaired) electrons. The molecule has 0 aromatic carbocycles. The highest BCUT2D eigenvalue weighted by Crippen LogP contribution is 2.18. The first-order chi connectivity index (χ1) is 8.61. The number of amides is 1. The molecule has 0 fully saturated rings. The summed E-state index contributed by atoms with van der Waals surface area (Å²) in [6.45, 7) is 6.66. The van der Waals surface area contributed by atoms with Gasteiger partial charge in [0.1, 0.15) is 11.6 Å². The Morgan fingerprint density at radius 2 is 2.00 bits per heavy atom. The van der Waals surface area contributed by atoms with Crippen molar-refractivity contribution in [2.75, 3.05) is 12.1 Å². The van der Waals surface area contributed by atoms with Gasteiger partial charge in [0.05, 0.1) is 0 Å². The van der Waals surface area contributed by atoms with E-state index in [2.05, 4.69) is 0 Å². The number of nitrogens with zero attached hydrogens (tertiary/aromatic N) is 3. The third-order valence-electron chi connectivity index (χ3n) is 2.71. The van der Waals surface area contributed by atoms with E-state index < -0.39 is 11.0 Å². The number of hydrogen-bond acceptors (Lipinski definition) is 4. The first kappa shape index (κ1) is 14.8. The number of aromatic nitrogens is 1. The molecule has 0 aliphatic rings. The van der Waals surface area contributed by atoms with Crippen LogP contribution in [0.25, 0.3) is 0 Å². The van der Waals surface area contributed by atoms with E-state index in [0.717, 1.165) is 9.69 Å². The van der Waals surface area contributed by atoms with Crippen LogP contribution >= 0.6 is 0 Å². The smallest absolute Gasteiger partial charge is 0.290 e. The maximum absolute atomic E-state index is 12.1. The Kier molecular flexibility index (Phi) is 3.70. The number of aryl methyl sites for hydroxylation is 1. The maximum Gasteiger partial charge on any atom is 0.290 e. The predicted octanol–water partition coefficient (Wildman–Crippen LogP) is 0.875. The van der Waals surface area contributed by atoms with E-state index in [1.54, 1.807) is 33.8 Å². The fourth-order valence-corrected chi connectivity index (χ4v) is 1.71. The molecule has 19 heavy (non-hydrogen) atoms. The van der Waals surface area contributed by atoms with Gasteiger partial charge in [-0.1, -0.05) is 20.8 Å². The van der Waals surface area contributed by atoms with Crippen LogP contribution in [-0.2, 0) is 4.79 Å². The number of carbonyl (C=O) groups excluding carboxylic acids is 1. The molecule has 0 unspecified atom stereocenters. The third-order valence-corrected chi connectivity index (χ3v) is 2.71. The van der Waals surface area contributed by atoms with Gasteiger partial charge in [-0.25, -0.2) is 5.01 Å². The molecule has 1 heterocycles. The maximum atomic E-state index is 12.1. The zero-order chi connectivity index (χ0) is 15.0. The second kappa shape index (κ2) is 4.76. The van der Waals surface area contributed by atoms with Gasteiger partial charge in [0.15, 0.2) is 0 Å². The van der Waals surface area contributed by atoms with Crippen LogP contribution in [0.3, 0.4) is 0 Å². The van der Waals surface area contributed by atoms with Crippen molar-refractivity contribution in [1.29, 1.82) is 5.26 Å². The number of rotatable bonds is 1. The molecule has 0 saturated carbocycles. The Labute approximate surface area is 111 Å². The Morgan fingerprint density at radius 3 is 2.42 bits per heavy atom. The number of hydrogen-bond donors (Lipinski definition) is 1. The van der Waals surface area contributed by atoms with Crippen molar-refractivity contribution in [3.8, 4) is 11.9 Å². The average Bonchev–Trinajstić information content (AvgIpc) is 2.26. The zero-order valence-corrected chi connectivity index (χ0v) is 11.7. The van der Waals surface area contributed by atoms with E-state index in [-0.39, 0.29) is 17.4 Å². The quantitative estimate of drug-likeness (QED) is 0.814. The van der Waals surface area contributed by atoms with Gasteiger partial charge in [0, 0.05) is 18.5 Å². The Balaban J connectivity index is 3.50. The molecule has 0 aliphatic carbocycles. The largest absolute Gasteiger partial charge is 0.493 e. The van der Waals surface area contributed by atoms with Gasteiger partial charge in [-0.2, -0.15) is 9.94 Å². The third kappa shape index (κ3) is 2.60. The molecule has 1 N–H and O–H groups in total. The number of carbonyl (C=O) groups is 1. The molecule has 0 saturated heterocycles. The molecule has 1 aromatic rings. The van der Waals surface area contributed by atoms with Gasteiger partial charge in [-0.05, 0) is 12.5 Å². The first-order valence-electron chi connectivity index (χ1n) is 5.75. The Morgan fingerprint density at radius 1 is 1.47 bits per heavy atom. The highest BCUT2D eigenvalue weighted by atomic mass is 16.3. The summed E-state index contributed by atoms with van der Waals surface area (Å²) in [6, 6.07) is 3.07. The van der Waals surface area contributed by atoms with E-state index >= 15 is 0 Å². The van der Waals surface area contributed by atoms with E-state index in [1.807, 2.05) is 0 Å². The van der Waals surface area contributed by atoms with Crippen LogP contribution in [0.5, 0.6) is 5.88 Å². The van der Waals surface area contributed by atoms with Crippen molar-refractivity contribution in [3.63, 3.8) is 0 Å². The zero-order valence-electron chi connectivity index (χ0n) is 11.7. The van der Waals surface area contributed by atoms with Gasteiger partial charge in [0.2, 0.25) is 11.8 Å². The molecule has 0 atom stereocenters. The highest BCUT2D eigenvalue weighted by molar-refractivity contribution is 5.90. The van der Waals surface area contributed by atoms with Gasteiger partial charge < -0.3 is 5.11 Å². The molecule has 102 valence electrons. The topological polar surface area (TPSA) is 86.3 Å². The number of nitriles is 1. The molecule has 0 spiro atoms. The second-order valence-corrected chi connectivity index (χ2v) is 5.37. The molecule has 6 heteroatoms. The molecule has 1 rings (SSSR count). The standard InChI is InChI=1S/C13H17N3O3/c1-8-6-10(17)16(11(18)9(8)7-14)15(5)12(19)13(2,3)4/h6,17H,1-5H3. The molecule has 1 aromatic heterocycles. The minimum atomic E-state index is -0.710. The molecule has 6 nitrogen and oxygen atoms in total. The summed E-state index contributed by atoms with van der Waals surface area (Å²) in [5.74, 6) is -0.723. The molecule has 0 aliphatic heterocycles. The lowest BCUT2D eigenvalue weighted by atomic mass is 9.95. The van der Waals surface area contributed by atoms with Crippen molar-refractivity contribution in [2.24, 2.45) is 5.41 Å². The van der Waals surface area contributed by atoms with Gasteiger partial charge in [-0.3, -0.25) is 9.59 Å². The van der Waals surface area contributed by atoms with Crippen LogP contribution in [0.15, 0.2) is 10.9 Å². The summed E-state index contributed by atoms with van der Waals surface area (Å²) >= 11 is 0. The summed E-state index contributed by atoms with van der Waals surface area (Å²) in [4.78, 5) is 24.2. The van der Waals surface area contributed by atoms with E-state index in [4.69, 9.17) is 5.26 Å². The first-order valence-corrected chi connectivity index (χ1v) is 5.75. The lowest BCUT2D eigenvalue weighted by molar-refractivity contribution is -0.127. The Bertz CT molecular complexity index is 618. The van der Waals surface area contributed by atoms with E-state index in [9.17, 15) is 14.7 Å². The second-order valence-electron chi connectivity index (χ2n) is 5.37. The molecule has 0 bridgehead atoms. The minimum absolute atomic E-state index is 0.0913. The van der Waals surface area contributed by atoms with Gasteiger partial charge in [0.25, 0.3) is 5.56 Å². The average molecular weight is 263 g/mol. The van der Waals surface area contributed by atoms with Crippen molar-refractivity contribution < 1.29 is 9.90 Å². The van der Waals surface area contributed by atoms with Crippen LogP contribution in [0.2, 0.25) is 0 Å². The van der Waals surface area contributed by atoms with E-state index in [0.29, 0.717) is 5.56 Å². The molecular weight excluding hydrogens is 246 g/mol. The lowest BCUT2D eigenvalue weighted by Gasteiger charge is -2.27. The van der Waals surface area contributed by atoms with Crippen LogP contribution in [0.1, 0.15) is 31.9 Å². The minimum Gasteiger partial charge on any atom is -0.493 e. The molecule has 1 amide bonds. The van der Waals surface area contributed by atoms with Crippen LogP contribution < -0.4 is 10.6 Å². The summed E-state index contributed by atoms with van der Waals surface area (Å²) in [6.07, 6.45) is 0. The SMILES string of the molecule is Cc1cc(O)n(N(C)C(=O)C(C)(C)C)c(=O)c1C#N. The van der Waals surface area contributed by atoms with Crippen LogP contribution in [-0.4, -0.2) is 22.7 Å². The van der Waals surface area contributed by atoms with Crippen LogP contribution in [0.4, 0.5) is 0 Å². The summed E-state index contributed by atoms with van der Waals surface area (Å²) < 4.78 is 0.805. The van der Waals surface area contributed by atoms with Crippen molar-refractivity contribution in [2.45, 2.75) is 27.7 Å². The Hall–Kier alpha value is -2.29. The van der Waals surface area contributed by atoms with E-state index in [1.165, 1.54) is 13.1 Å². The normalized spacial score (nSPS) is 10.9. The number of pyridine rings is 1. The van der Waals surface area contributed by atoms with Crippen LogP contribution in [0, 0.1) is 23.7 Å². The van der Waals surface area contributed by atoms with Gasteiger partial charge >= 0.3 is 0 Å². The predicted molar refractivity (Wildman–Crippen MR) is 70.4 cm³/mol. The molecular formula is C13H17N3O3. The number of aromatic hydroxyl groups is 1. The summed E-state index contributed by atoms with van der Waals surface area (Å²) in [7, 11) is 1.38. The van der Waals surface area contributed by atoms with Crippen molar-refractivity contribution in [3.05, 3.63) is 27.5 Å². The fraction of sp³-hybridized carbons (Fsp3) is 0.462. The summed E-state index contributed by atoms with van der Waals surface area (Å²) in [5, 5.41) is 19.8. The van der Waals surface area contributed by atoms with Crippen molar-refractivity contribution >= 4 is 5.91 Å². The fourth-order valence-electron chi connectivity index (χ4n) is 1.71. The summed E-state index contributed by atoms with van der Waals surface area (Å²) in [5.41, 5.74) is -1.14. The highest BCUT2D eigenvalue weighted by Gasteiger charge is 2.28. The van der Waals surface area contributed by atoms with Gasteiger partial charge in [-0.15, -0.1) is 0 Å². The lowest BCUT2D eigenvalue weighted by Crippen LogP contribution is -2.48.